The molecule has 0 aliphatic carbocycles. The quantitative estimate of drug-likeness (QED) is 0.880. The lowest BCUT2D eigenvalue weighted by molar-refractivity contribution is -0.141. The van der Waals surface area contributed by atoms with E-state index in [1.165, 1.54) is 6.07 Å². The van der Waals surface area contributed by atoms with Crippen LogP contribution in [0.25, 0.3) is 0 Å². The first-order valence-electron chi connectivity index (χ1n) is 6.02. The number of alkyl halides is 3. The topological polar surface area (TPSA) is 48.1 Å². The minimum atomic E-state index is -4.53. The van der Waals surface area contributed by atoms with Gasteiger partial charge in [0.2, 0.25) is 5.88 Å². The molecule has 1 aromatic carbocycles. The predicted octanol–water partition coefficient (Wildman–Crippen LogP) is 4.42. The lowest BCUT2D eigenvalue weighted by atomic mass is 10.2. The van der Waals surface area contributed by atoms with E-state index >= 15 is 0 Å². The second kappa shape index (κ2) is 6.03. The molecule has 7 heteroatoms. The van der Waals surface area contributed by atoms with Crippen LogP contribution in [0, 0.1) is 6.92 Å². The first-order valence-corrected chi connectivity index (χ1v) is 6.81. The highest BCUT2D eigenvalue weighted by Crippen LogP contribution is 2.34. The van der Waals surface area contributed by atoms with Gasteiger partial charge in [-0.15, -0.1) is 0 Å². The molecule has 2 aromatic rings. The van der Waals surface area contributed by atoms with Gasteiger partial charge in [-0.2, -0.15) is 13.2 Å². The predicted molar refractivity (Wildman–Crippen MR) is 76.1 cm³/mol. The zero-order valence-electron chi connectivity index (χ0n) is 11.0. The minimum Gasteiger partial charge on any atom is -0.437 e. The maximum Gasteiger partial charge on any atom is 0.433 e. The number of halogens is 4. The Morgan fingerprint density at radius 1 is 1.24 bits per heavy atom. The molecule has 1 heterocycles. The molecule has 0 unspecified atom stereocenters. The number of nitrogens with zero attached hydrogens (tertiary/aromatic N) is 1. The van der Waals surface area contributed by atoms with Gasteiger partial charge >= 0.3 is 6.18 Å². The van der Waals surface area contributed by atoms with E-state index in [-0.39, 0.29) is 12.4 Å². The molecule has 0 aliphatic heterocycles. The van der Waals surface area contributed by atoms with Gasteiger partial charge < -0.3 is 10.5 Å². The van der Waals surface area contributed by atoms with E-state index in [9.17, 15) is 13.2 Å². The van der Waals surface area contributed by atoms with E-state index in [1.807, 2.05) is 6.92 Å². The molecule has 2 N–H and O–H groups in total. The lowest BCUT2D eigenvalue weighted by Crippen LogP contribution is -2.10. The summed E-state index contributed by atoms with van der Waals surface area (Å²) in [5.41, 5.74) is 5.89. The second-order valence-corrected chi connectivity index (χ2v) is 5.25. The van der Waals surface area contributed by atoms with Gasteiger partial charge in [-0.05, 0) is 46.6 Å². The van der Waals surface area contributed by atoms with Gasteiger partial charge in [0.15, 0.2) is 0 Å². The van der Waals surface area contributed by atoms with Gasteiger partial charge in [0.25, 0.3) is 0 Å². The summed E-state index contributed by atoms with van der Waals surface area (Å²) in [5, 5.41) is 0. The molecule has 2 rings (SSSR count). The second-order valence-electron chi connectivity index (χ2n) is 4.40. The molecular formula is C14H12BrF3N2O. The van der Waals surface area contributed by atoms with Crippen LogP contribution in [0.5, 0.6) is 11.6 Å². The summed E-state index contributed by atoms with van der Waals surface area (Å²) < 4.78 is 44.3. The summed E-state index contributed by atoms with van der Waals surface area (Å²) in [6.07, 6.45) is -4.53. The molecule has 3 nitrogen and oxygen atoms in total. The van der Waals surface area contributed by atoms with E-state index in [4.69, 9.17) is 10.5 Å². The average molecular weight is 361 g/mol. The number of hydrogen-bond acceptors (Lipinski definition) is 3. The molecule has 112 valence electrons. The molecule has 21 heavy (non-hydrogen) atoms. The van der Waals surface area contributed by atoms with E-state index in [0.29, 0.717) is 15.8 Å². The van der Waals surface area contributed by atoms with Gasteiger partial charge in [-0.1, -0.05) is 12.1 Å². The fraction of sp³-hybridized carbons (Fsp3) is 0.214. The van der Waals surface area contributed by atoms with Crippen molar-refractivity contribution in [3.8, 4) is 11.6 Å². The highest BCUT2D eigenvalue weighted by Gasteiger charge is 2.33. The number of aromatic nitrogens is 1. The summed E-state index contributed by atoms with van der Waals surface area (Å²) in [7, 11) is 0. The third kappa shape index (κ3) is 3.74. The zero-order valence-corrected chi connectivity index (χ0v) is 12.6. The Labute approximate surface area is 128 Å². The van der Waals surface area contributed by atoms with Crippen molar-refractivity contribution in [3.63, 3.8) is 0 Å². The Morgan fingerprint density at radius 3 is 2.52 bits per heavy atom. The van der Waals surface area contributed by atoms with Gasteiger partial charge in [0, 0.05) is 12.1 Å². The fourth-order valence-electron chi connectivity index (χ4n) is 1.66. The molecule has 0 amide bonds. The molecule has 0 aliphatic rings. The van der Waals surface area contributed by atoms with Crippen LogP contribution < -0.4 is 10.5 Å². The highest BCUT2D eigenvalue weighted by atomic mass is 79.9. The Hall–Kier alpha value is -1.60. The molecule has 0 spiro atoms. The summed E-state index contributed by atoms with van der Waals surface area (Å²) in [4.78, 5) is 3.53. The van der Waals surface area contributed by atoms with E-state index in [2.05, 4.69) is 20.9 Å². The number of benzene rings is 1. The van der Waals surface area contributed by atoms with Gasteiger partial charge in [-0.3, -0.25) is 0 Å². The van der Waals surface area contributed by atoms with Crippen LogP contribution in [-0.2, 0) is 12.7 Å². The Morgan fingerprint density at radius 2 is 1.95 bits per heavy atom. The maximum absolute atomic E-state index is 12.7. The SMILES string of the molecule is Cc1ccc(Oc2nc(C(F)(F)F)ccc2CN)c(Br)c1. The van der Waals surface area contributed by atoms with Crippen molar-refractivity contribution in [1.82, 2.24) is 4.98 Å². The smallest absolute Gasteiger partial charge is 0.433 e. The Balaban J connectivity index is 2.42. The summed E-state index contributed by atoms with van der Waals surface area (Å²) in [5.74, 6) is 0.235. The number of pyridine rings is 1. The molecule has 1 aromatic heterocycles. The van der Waals surface area contributed by atoms with Crippen molar-refractivity contribution < 1.29 is 17.9 Å². The summed E-state index contributed by atoms with van der Waals surface area (Å²) >= 11 is 3.30. The van der Waals surface area contributed by atoms with Crippen LogP contribution in [-0.4, -0.2) is 4.98 Å². The van der Waals surface area contributed by atoms with Crippen LogP contribution in [0.15, 0.2) is 34.8 Å². The van der Waals surface area contributed by atoms with Crippen molar-refractivity contribution in [1.29, 1.82) is 0 Å². The van der Waals surface area contributed by atoms with E-state index in [1.54, 1.807) is 18.2 Å². The lowest BCUT2D eigenvalue weighted by Gasteiger charge is -2.13. The van der Waals surface area contributed by atoms with Crippen molar-refractivity contribution in [3.05, 3.63) is 51.6 Å². The molecule has 0 bridgehead atoms. The molecule has 0 saturated carbocycles. The number of aryl methyl sites for hydroxylation is 1. The first-order chi connectivity index (χ1) is 9.81. The average Bonchev–Trinajstić information content (AvgIpc) is 2.41. The third-order valence-electron chi connectivity index (χ3n) is 2.74. The maximum atomic E-state index is 12.7. The van der Waals surface area contributed by atoms with Crippen LogP contribution in [0.1, 0.15) is 16.8 Å². The van der Waals surface area contributed by atoms with Crippen molar-refractivity contribution in [2.45, 2.75) is 19.6 Å². The Bertz CT molecular complexity index is 659. The third-order valence-corrected chi connectivity index (χ3v) is 3.36. The molecule has 0 atom stereocenters. The van der Waals surface area contributed by atoms with Crippen LogP contribution in [0.4, 0.5) is 13.2 Å². The van der Waals surface area contributed by atoms with Crippen molar-refractivity contribution in [2.24, 2.45) is 5.73 Å². The van der Waals surface area contributed by atoms with Gasteiger partial charge in [0.05, 0.1) is 4.47 Å². The molecule has 0 fully saturated rings. The minimum absolute atomic E-state index is 0.0317. The first kappa shape index (κ1) is 15.8. The number of ether oxygens (including phenoxy) is 1. The normalized spacial score (nSPS) is 11.5. The van der Waals surface area contributed by atoms with Crippen LogP contribution in [0.3, 0.4) is 0 Å². The largest absolute Gasteiger partial charge is 0.437 e. The monoisotopic (exact) mass is 360 g/mol. The van der Waals surface area contributed by atoms with Gasteiger partial charge in [0.1, 0.15) is 11.4 Å². The standard InChI is InChI=1S/C14H12BrF3N2O/c1-8-2-4-11(10(15)6-8)21-13-9(7-19)3-5-12(20-13)14(16,17)18/h2-6H,7,19H2,1H3. The fourth-order valence-corrected chi connectivity index (χ4v) is 2.24. The number of nitrogens with two attached hydrogens (primary N) is 1. The van der Waals surface area contributed by atoms with Crippen molar-refractivity contribution >= 4 is 15.9 Å². The summed E-state index contributed by atoms with van der Waals surface area (Å²) in [6.45, 7) is 1.92. The number of rotatable bonds is 3. The Kier molecular flexibility index (Phi) is 4.53. The molecular weight excluding hydrogens is 349 g/mol. The van der Waals surface area contributed by atoms with E-state index in [0.717, 1.165) is 11.6 Å². The highest BCUT2D eigenvalue weighted by molar-refractivity contribution is 9.10. The van der Waals surface area contributed by atoms with E-state index < -0.39 is 11.9 Å². The molecule has 0 saturated heterocycles. The van der Waals surface area contributed by atoms with Crippen LogP contribution in [0.2, 0.25) is 0 Å². The van der Waals surface area contributed by atoms with Crippen molar-refractivity contribution in [2.75, 3.05) is 0 Å². The summed E-state index contributed by atoms with van der Waals surface area (Å²) in [6, 6.07) is 7.40. The molecule has 0 radical (unpaired) electrons. The van der Waals surface area contributed by atoms with Gasteiger partial charge in [-0.25, -0.2) is 4.98 Å². The number of hydrogen-bond donors (Lipinski definition) is 1. The zero-order chi connectivity index (χ0) is 15.6. The van der Waals surface area contributed by atoms with Crippen LogP contribution >= 0.6 is 15.9 Å².